The lowest BCUT2D eigenvalue weighted by atomic mass is 9.84. The van der Waals surface area contributed by atoms with Gasteiger partial charge in [-0.3, -0.25) is 0 Å². The van der Waals surface area contributed by atoms with Crippen LogP contribution in [0, 0.1) is 0 Å². The predicted octanol–water partition coefficient (Wildman–Crippen LogP) is -3.51. The van der Waals surface area contributed by atoms with Crippen LogP contribution in [0.4, 0.5) is 0 Å². The summed E-state index contributed by atoms with van der Waals surface area (Å²) in [5, 5.41) is 42.8. The molecule has 2 heterocycles. The number of methoxy groups -OCH3 is 1. The van der Waals surface area contributed by atoms with Crippen molar-refractivity contribution in [1.29, 1.82) is 0 Å². The lowest BCUT2D eigenvalue weighted by Gasteiger charge is -2.48. The maximum atomic E-state index is 11.3. The molecule has 0 aromatic rings. The van der Waals surface area contributed by atoms with Crippen molar-refractivity contribution in [2.75, 3.05) is 56.5 Å². The van der Waals surface area contributed by atoms with Gasteiger partial charge in [-0.05, 0) is 12.8 Å². The number of aliphatic hydroxyl groups is 4. The van der Waals surface area contributed by atoms with Crippen molar-refractivity contribution in [1.82, 2.24) is 0 Å². The number of aliphatic hydroxyl groups excluding tert-OH is 4. The van der Waals surface area contributed by atoms with Crippen LogP contribution in [-0.2, 0) is 28.4 Å². The minimum atomic E-state index is -1.38. The number of hydrogen-bond donors (Lipinski definition) is 9. The monoisotopic (exact) mass is 677 g/mol. The molecule has 18 heteroatoms. The topological polar surface area (TPSA) is 266 Å². The molecule has 0 bridgehead atoms. The van der Waals surface area contributed by atoms with Crippen molar-refractivity contribution >= 4 is 33.3 Å². The Morgan fingerprint density at radius 3 is 1.98 bits per heavy atom. The van der Waals surface area contributed by atoms with E-state index < -0.39 is 85.6 Å². The van der Waals surface area contributed by atoms with Crippen molar-refractivity contribution in [2.45, 2.75) is 98.4 Å². The Morgan fingerprint density at radius 1 is 0.721 bits per heavy atom. The van der Waals surface area contributed by atoms with Gasteiger partial charge in [0.2, 0.25) is 0 Å². The average Bonchev–Trinajstić information content (AvgIpc) is 2.97. The second kappa shape index (κ2) is 19.3. The van der Waals surface area contributed by atoms with Gasteiger partial charge in [-0.2, -0.15) is 11.8 Å². The Labute approximate surface area is 265 Å². The maximum absolute atomic E-state index is 11.3. The zero-order valence-corrected chi connectivity index (χ0v) is 27.0. The molecule has 0 amide bonds. The Bertz CT molecular complexity index is 791. The second-order valence-electron chi connectivity index (χ2n) is 10.9. The first-order chi connectivity index (χ1) is 20.6. The molecule has 0 aromatic carbocycles. The summed E-state index contributed by atoms with van der Waals surface area (Å²) in [4.78, 5) is 0. The molecule has 15 nitrogen and oxygen atoms in total. The summed E-state index contributed by atoms with van der Waals surface area (Å²) >= 11 is 1.52. The van der Waals surface area contributed by atoms with Crippen LogP contribution in [0.1, 0.15) is 12.8 Å². The second-order valence-corrected chi connectivity index (χ2v) is 14.8. The average molecular weight is 678 g/mol. The van der Waals surface area contributed by atoms with Crippen LogP contribution in [0.2, 0.25) is 0 Å². The van der Waals surface area contributed by atoms with Gasteiger partial charge in [-0.1, -0.05) is 21.6 Å². The molecule has 254 valence electrons. The number of ether oxygens (including phenoxy) is 6. The number of hydrogen-bond acceptors (Lipinski definition) is 18. The SMILES string of the molecule is COCCSSCCOCCSCC1O[C@@H](O[C@@H]2C(N)C[C@H](N)[C@@H](O[C@@H]3OC(CN)[C@H](O)C[C@H]3N)C2O)C(O)C(N)[C@H]1O. The summed E-state index contributed by atoms with van der Waals surface area (Å²) in [6, 6.07) is -3.12. The van der Waals surface area contributed by atoms with E-state index in [1.165, 1.54) is 11.8 Å². The van der Waals surface area contributed by atoms with E-state index in [0.29, 0.717) is 24.7 Å². The lowest BCUT2D eigenvalue weighted by Crippen LogP contribution is -2.68. The van der Waals surface area contributed by atoms with E-state index >= 15 is 0 Å². The van der Waals surface area contributed by atoms with Gasteiger partial charge in [0, 0.05) is 48.7 Å². The lowest BCUT2D eigenvalue weighted by molar-refractivity contribution is -0.309. The fraction of sp³-hybridized carbons (Fsp3) is 1.00. The smallest absolute Gasteiger partial charge is 0.186 e. The number of nitrogens with two attached hydrogens (primary N) is 5. The summed E-state index contributed by atoms with van der Waals surface area (Å²) < 4.78 is 34.4. The summed E-state index contributed by atoms with van der Waals surface area (Å²) in [5.41, 5.74) is 30.5. The molecule has 0 radical (unpaired) electrons. The van der Waals surface area contributed by atoms with Gasteiger partial charge in [-0.25, -0.2) is 0 Å². The van der Waals surface area contributed by atoms with Gasteiger partial charge in [0.15, 0.2) is 12.6 Å². The van der Waals surface area contributed by atoms with Crippen LogP contribution >= 0.6 is 33.3 Å². The highest BCUT2D eigenvalue weighted by molar-refractivity contribution is 8.76. The van der Waals surface area contributed by atoms with E-state index in [2.05, 4.69) is 0 Å². The maximum Gasteiger partial charge on any atom is 0.186 e. The Balaban J connectivity index is 1.49. The summed E-state index contributed by atoms with van der Waals surface area (Å²) in [6.45, 7) is 1.96. The van der Waals surface area contributed by atoms with Crippen LogP contribution < -0.4 is 28.7 Å². The van der Waals surface area contributed by atoms with Crippen molar-refractivity contribution in [3.63, 3.8) is 0 Å². The highest BCUT2D eigenvalue weighted by atomic mass is 33.1. The first-order valence-electron chi connectivity index (χ1n) is 14.5. The van der Waals surface area contributed by atoms with E-state index in [1.54, 1.807) is 28.7 Å². The van der Waals surface area contributed by atoms with Crippen molar-refractivity contribution in [3.8, 4) is 0 Å². The molecule has 2 aliphatic heterocycles. The van der Waals surface area contributed by atoms with Crippen LogP contribution in [0.15, 0.2) is 0 Å². The minimum absolute atomic E-state index is 0.0627. The third-order valence-corrected chi connectivity index (χ3v) is 11.0. The van der Waals surface area contributed by atoms with Crippen molar-refractivity contribution < 1.29 is 48.8 Å². The predicted molar refractivity (Wildman–Crippen MR) is 166 cm³/mol. The molecule has 0 spiro atoms. The van der Waals surface area contributed by atoms with Gasteiger partial charge < -0.3 is 77.5 Å². The molecule has 14 atom stereocenters. The van der Waals surface area contributed by atoms with E-state index in [1.807, 2.05) is 0 Å². The van der Waals surface area contributed by atoms with Crippen LogP contribution in [0.25, 0.3) is 0 Å². The molecule has 2 saturated heterocycles. The molecule has 3 rings (SSSR count). The fourth-order valence-electron chi connectivity index (χ4n) is 5.16. The zero-order valence-electron chi connectivity index (χ0n) is 24.5. The summed E-state index contributed by atoms with van der Waals surface area (Å²) in [6.07, 6.45) is -9.94. The Kier molecular flexibility index (Phi) is 17.0. The number of thioether (sulfide) groups is 1. The first-order valence-corrected chi connectivity index (χ1v) is 18.2. The van der Waals surface area contributed by atoms with Crippen molar-refractivity contribution in [3.05, 3.63) is 0 Å². The van der Waals surface area contributed by atoms with E-state index in [4.69, 9.17) is 57.1 Å². The standard InChI is InChI=1S/C25H51N5O10S3/c1-35-2-6-42-43-7-4-36-3-5-41-11-17-19(32)18(30)20(33)25(38-17)40-23-13(28)8-12(27)22(21(23)34)39-24-14(29)9-15(31)16(10-26)37-24/h12-25,31-34H,2-11,26-30H2,1H3/t12-,13?,14+,15+,16?,17?,18?,19-,20?,21?,22+,23+,24-,25-/m0/s1. The Hall–Kier alpha value is 0.450. The van der Waals surface area contributed by atoms with Gasteiger partial charge in [0.05, 0.1) is 56.3 Å². The molecular formula is C25H51N5O10S3. The van der Waals surface area contributed by atoms with Crippen LogP contribution in [0.5, 0.6) is 0 Å². The van der Waals surface area contributed by atoms with E-state index in [0.717, 1.165) is 18.1 Å². The molecule has 43 heavy (non-hydrogen) atoms. The molecule has 3 fully saturated rings. The quantitative estimate of drug-likeness (QED) is 0.0534. The molecule has 6 unspecified atom stereocenters. The van der Waals surface area contributed by atoms with E-state index in [-0.39, 0.29) is 19.4 Å². The highest BCUT2D eigenvalue weighted by Crippen LogP contribution is 2.31. The first kappa shape index (κ1) is 37.9. The minimum Gasteiger partial charge on any atom is -0.390 e. The molecule has 1 aliphatic carbocycles. The zero-order chi connectivity index (χ0) is 31.5. The van der Waals surface area contributed by atoms with Crippen molar-refractivity contribution in [2.24, 2.45) is 28.7 Å². The van der Waals surface area contributed by atoms with Gasteiger partial charge in [-0.15, -0.1) is 0 Å². The van der Waals surface area contributed by atoms with E-state index in [9.17, 15) is 20.4 Å². The fourth-order valence-corrected chi connectivity index (χ4v) is 7.84. The molecule has 0 aromatic heterocycles. The van der Waals surface area contributed by atoms with Crippen LogP contribution in [0.3, 0.4) is 0 Å². The molecular weight excluding hydrogens is 627 g/mol. The third-order valence-electron chi connectivity index (χ3n) is 7.65. The largest absolute Gasteiger partial charge is 0.390 e. The van der Waals surface area contributed by atoms with Gasteiger partial charge in [0.25, 0.3) is 0 Å². The molecule has 1 saturated carbocycles. The third kappa shape index (κ3) is 11.0. The van der Waals surface area contributed by atoms with Gasteiger partial charge >= 0.3 is 0 Å². The molecule has 14 N–H and O–H groups in total. The summed E-state index contributed by atoms with van der Waals surface area (Å²) in [5.74, 6) is 2.86. The Morgan fingerprint density at radius 2 is 1.33 bits per heavy atom. The normalized spacial score (nSPS) is 42.3. The van der Waals surface area contributed by atoms with Gasteiger partial charge in [0.1, 0.15) is 24.4 Å². The summed E-state index contributed by atoms with van der Waals surface area (Å²) in [7, 11) is 5.17. The highest BCUT2D eigenvalue weighted by Gasteiger charge is 2.50. The van der Waals surface area contributed by atoms with Crippen LogP contribution in [-0.4, -0.2) is 162 Å². The molecule has 3 aliphatic rings. The number of rotatable bonds is 17.